The van der Waals surface area contributed by atoms with Gasteiger partial charge in [-0.05, 0) is 47.7 Å². The van der Waals surface area contributed by atoms with Crippen molar-refractivity contribution in [3.8, 4) is 5.75 Å². The number of nitrogens with zero attached hydrogens (tertiary/aromatic N) is 2. The van der Waals surface area contributed by atoms with Gasteiger partial charge in [-0.2, -0.15) is 0 Å². The minimum absolute atomic E-state index is 0.0198. The zero-order valence-electron chi connectivity index (χ0n) is 19.3. The number of ether oxygens (including phenoxy) is 1. The first kappa shape index (κ1) is 25.7. The number of hydrogen-bond acceptors (Lipinski definition) is 4. The predicted molar refractivity (Wildman–Crippen MR) is 133 cm³/mol. The lowest BCUT2D eigenvalue weighted by atomic mass is 9.82. The molecule has 0 unspecified atom stereocenters. The smallest absolute Gasteiger partial charge is 0.408 e. The van der Waals surface area contributed by atoms with Crippen LogP contribution in [0.4, 0.5) is 9.59 Å². The van der Waals surface area contributed by atoms with Crippen LogP contribution in [0.5, 0.6) is 5.75 Å². The van der Waals surface area contributed by atoms with Gasteiger partial charge >= 0.3 is 18.2 Å². The van der Waals surface area contributed by atoms with Gasteiger partial charge < -0.3 is 25.0 Å². The van der Waals surface area contributed by atoms with Crippen LogP contribution < -0.4 is 4.74 Å². The Morgan fingerprint density at radius 2 is 1.64 bits per heavy atom. The van der Waals surface area contributed by atoms with Crippen molar-refractivity contribution in [3.63, 3.8) is 0 Å². The summed E-state index contributed by atoms with van der Waals surface area (Å²) in [6.07, 6.45) is -1.82. The zero-order valence-corrected chi connectivity index (χ0v) is 20.8. The molecule has 1 fully saturated rings. The summed E-state index contributed by atoms with van der Waals surface area (Å²) >= 11 is 12.4. The van der Waals surface area contributed by atoms with Crippen molar-refractivity contribution in [3.05, 3.63) is 68.7 Å². The van der Waals surface area contributed by atoms with Crippen molar-refractivity contribution in [2.75, 3.05) is 19.7 Å². The highest BCUT2D eigenvalue weighted by atomic mass is 35.5. The molecule has 2 aliphatic heterocycles. The Morgan fingerprint density at radius 1 is 1.00 bits per heavy atom. The Labute approximate surface area is 217 Å². The highest BCUT2D eigenvalue weighted by Gasteiger charge is 2.47. The molecular formula is C25H24Cl2N2O7. The van der Waals surface area contributed by atoms with Gasteiger partial charge in [-0.3, -0.25) is 4.90 Å². The summed E-state index contributed by atoms with van der Waals surface area (Å²) in [5, 5.41) is 29.9. The molecule has 2 amide bonds. The summed E-state index contributed by atoms with van der Waals surface area (Å²) < 4.78 is 5.77. The third-order valence-corrected chi connectivity index (χ3v) is 7.02. The average molecular weight is 535 g/mol. The maximum absolute atomic E-state index is 12.2. The van der Waals surface area contributed by atoms with E-state index in [-0.39, 0.29) is 25.1 Å². The first-order valence-corrected chi connectivity index (χ1v) is 12.0. The number of hydrogen-bond donors (Lipinski definition) is 3. The Bertz CT molecular complexity index is 1220. The molecule has 0 aromatic heterocycles. The molecule has 0 aliphatic carbocycles. The van der Waals surface area contributed by atoms with E-state index in [1.807, 2.05) is 19.1 Å². The number of carboxylic acid groups (broad SMARTS) is 3. The first-order chi connectivity index (χ1) is 17.1. The molecule has 2 aliphatic rings. The Morgan fingerprint density at radius 3 is 2.19 bits per heavy atom. The van der Waals surface area contributed by atoms with Gasteiger partial charge in [-0.1, -0.05) is 47.5 Å². The molecular weight excluding hydrogens is 511 g/mol. The molecule has 11 heteroatoms. The van der Waals surface area contributed by atoms with Gasteiger partial charge in [0.2, 0.25) is 0 Å². The molecule has 3 N–H and O–H groups in total. The molecule has 190 valence electrons. The highest BCUT2D eigenvalue weighted by molar-refractivity contribution is 6.37. The maximum atomic E-state index is 12.2. The van der Waals surface area contributed by atoms with Crippen LogP contribution in [0.25, 0.3) is 5.57 Å². The summed E-state index contributed by atoms with van der Waals surface area (Å²) in [6, 6.07) is 9.07. The van der Waals surface area contributed by atoms with Crippen LogP contribution in [-0.4, -0.2) is 75.1 Å². The summed E-state index contributed by atoms with van der Waals surface area (Å²) in [6.45, 7) is 1.96. The van der Waals surface area contributed by atoms with Crippen LogP contribution >= 0.6 is 23.2 Å². The SMILES string of the molecule is Cc1cc(Cl)c(OCCc2ccc(C3=C(C(=O)O)[C@H]4CN(C(=O)O)C[C@@H](C3)N4C(=O)O)cc2)c(Cl)c1. The van der Waals surface area contributed by atoms with E-state index in [1.165, 1.54) is 0 Å². The quantitative estimate of drug-likeness (QED) is 0.481. The number of amides is 2. The summed E-state index contributed by atoms with van der Waals surface area (Å²) in [5.41, 5.74) is 2.94. The second-order valence-corrected chi connectivity index (χ2v) is 9.62. The number of fused-ring (bicyclic) bond motifs is 2. The van der Waals surface area contributed by atoms with Crippen LogP contribution in [0.15, 0.2) is 42.0 Å². The fourth-order valence-electron chi connectivity index (χ4n) is 4.87. The normalized spacial score (nSPS) is 19.3. The lowest BCUT2D eigenvalue weighted by Gasteiger charge is -2.48. The predicted octanol–water partition coefficient (Wildman–Crippen LogP) is 4.88. The van der Waals surface area contributed by atoms with Crippen molar-refractivity contribution >= 4 is 46.9 Å². The van der Waals surface area contributed by atoms with Gasteiger partial charge in [0.15, 0.2) is 5.75 Å². The van der Waals surface area contributed by atoms with E-state index in [0.29, 0.717) is 40.0 Å². The van der Waals surface area contributed by atoms with Crippen molar-refractivity contribution in [1.82, 2.24) is 9.80 Å². The monoisotopic (exact) mass is 534 g/mol. The molecule has 36 heavy (non-hydrogen) atoms. The lowest BCUT2D eigenvalue weighted by molar-refractivity contribution is -0.133. The first-order valence-electron chi connectivity index (χ1n) is 11.2. The second-order valence-electron chi connectivity index (χ2n) is 8.80. The Balaban J connectivity index is 1.55. The molecule has 4 rings (SSSR count). The zero-order chi connectivity index (χ0) is 26.1. The number of carbonyl (C=O) groups is 3. The summed E-state index contributed by atoms with van der Waals surface area (Å²) in [4.78, 5) is 37.8. The van der Waals surface area contributed by atoms with E-state index in [4.69, 9.17) is 27.9 Å². The van der Waals surface area contributed by atoms with Crippen LogP contribution in [-0.2, 0) is 11.2 Å². The van der Waals surface area contributed by atoms with E-state index < -0.39 is 30.2 Å². The van der Waals surface area contributed by atoms with Crippen LogP contribution in [0.2, 0.25) is 10.0 Å². The van der Waals surface area contributed by atoms with Gasteiger partial charge in [0, 0.05) is 19.5 Å². The van der Waals surface area contributed by atoms with Gasteiger partial charge in [-0.25, -0.2) is 14.4 Å². The maximum Gasteiger partial charge on any atom is 0.408 e. The van der Waals surface area contributed by atoms with E-state index >= 15 is 0 Å². The summed E-state index contributed by atoms with van der Waals surface area (Å²) in [5.74, 6) is -0.847. The molecule has 0 saturated carbocycles. The number of carboxylic acids is 1. The average Bonchev–Trinajstić information content (AvgIpc) is 2.79. The topological polar surface area (TPSA) is 128 Å². The van der Waals surface area contributed by atoms with Crippen molar-refractivity contribution < 1.29 is 34.4 Å². The van der Waals surface area contributed by atoms with E-state index in [0.717, 1.165) is 20.9 Å². The van der Waals surface area contributed by atoms with Crippen molar-refractivity contribution in [2.45, 2.75) is 31.8 Å². The number of benzene rings is 2. The minimum Gasteiger partial charge on any atom is -0.490 e. The number of aliphatic carboxylic acids is 1. The number of aryl methyl sites for hydroxylation is 1. The second kappa shape index (κ2) is 10.3. The standard InChI is InChI=1S/C25H24Cl2N2O7/c1-13-8-18(26)22(19(27)9-13)36-7-6-14-2-4-15(5-3-14)17-10-16-11-28(24(32)33)12-20(21(17)23(30)31)29(16)25(34)35/h2-5,8-9,16,20H,6-7,10-12H2,1H3,(H,30,31)(H,32,33)(H,34,35)/t16-,20-/m1/s1. The largest absolute Gasteiger partial charge is 0.490 e. The van der Waals surface area contributed by atoms with Gasteiger partial charge in [0.1, 0.15) is 0 Å². The number of halogens is 2. The third-order valence-electron chi connectivity index (χ3n) is 6.46. The van der Waals surface area contributed by atoms with Crippen LogP contribution in [0.3, 0.4) is 0 Å². The molecule has 9 nitrogen and oxygen atoms in total. The molecule has 0 spiro atoms. The van der Waals surface area contributed by atoms with Gasteiger partial charge in [0.05, 0.1) is 34.3 Å². The van der Waals surface area contributed by atoms with Crippen LogP contribution in [0, 0.1) is 6.92 Å². The molecule has 0 radical (unpaired) electrons. The molecule has 2 atom stereocenters. The Kier molecular flexibility index (Phi) is 7.33. The molecule has 2 heterocycles. The highest BCUT2D eigenvalue weighted by Crippen LogP contribution is 2.39. The fraction of sp³-hybridized carbons (Fsp3) is 0.320. The van der Waals surface area contributed by atoms with Crippen molar-refractivity contribution in [2.24, 2.45) is 0 Å². The minimum atomic E-state index is -1.27. The molecule has 1 saturated heterocycles. The molecule has 2 aromatic carbocycles. The van der Waals surface area contributed by atoms with E-state index in [9.17, 15) is 29.7 Å². The number of rotatable bonds is 6. The summed E-state index contributed by atoms with van der Waals surface area (Å²) in [7, 11) is 0. The molecule has 2 bridgehead atoms. The molecule has 2 aromatic rings. The number of piperazine rings is 1. The third kappa shape index (κ3) is 5.08. The van der Waals surface area contributed by atoms with Gasteiger partial charge in [-0.15, -0.1) is 0 Å². The van der Waals surface area contributed by atoms with Gasteiger partial charge in [0.25, 0.3) is 0 Å². The fourth-order valence-corrected chi connectivity index (χ4v) is 5.57. The van der Waals surface area contributed by atoms with E-state index in [2.05, 4.69) is 0 Å². The van der Waals surface area contributed by atoms with Crippen molar-refractivity contribution in [1.29, 1.82) is 0 Å². The Hall–Kier alpha value is -3.43. The van der Waals surface area contributed by atoms with Crippen LogP contribution in [0.1, 0.15) is 23.1 Å². The lowest BCUT2D eigenvalue weighted by Crippen LogP contribution is -2.64. The van der Waals surface area contributed by atoms with E-state index in [1.54, 1.807) is 24.3 Å².